The summed E-state index contributed by atoms with van der Waals surface area (Å²) in [6, 6.07) is 9.30. The first kappa shape index (κ1) is 27.4. The van der Waals surface area contributed by atoms with Gasteiger partial charge in [-0.25, -0.2) is 19.7 Å². The average Bonchev–Trinajstić information content (AvgIpc) is 3.35. The number of aromatic nitrogens is 4. The molecule has 5 rings (SSSR count). The zero-order chi connectivity index (χ0) is 28.3. The Kier molecular flexibility index (Phi) is 7.88. The fourth-order valence-electron chi connectivity index (χ4n) is 4.70. The molecule has 1 aliphatic carbocycles. The molecule has 2 aromatic carbocycles. The number of carbonyl (C=O) groups is 2. The number of urea groups is 1. The van der Waals surface area contributed by atoms with Gasteiger partial charge in [-0.2, -0.15) is 13.2 Å². The Bertz CT molecular complexity index is 1530. The van der Waals surface area contributed by atoms with Crippen LogP contribution >= 0.6 is 11.6 Å². The number of anilines is 2. The Hall–Kier alpha value is -4.19. The molecule has 208 valence electrons. The molecule has 3 amide bonds. The number of hydrogen-bond donors (Lipinski definition) is 3. The lowest BCUT2D eigenvalue weighted by Gasteiger charge is -2.22. The van der Waals surface area contributed by atoms with E-state index in [0.717, 1.165) is 37.8 Å². The maximum atomic E-state index is 13.1. The topological polar surface area (TPSA) is 114 Å². The van der Waals surface area contributed by atoms with Crippen LogP contribution in [-0.2, 0) is 17.4 Å². The van der Waals surface area contributed by atoms with Crippen molar-refractivity contribution in [3.8, 4) is 5.69 Å². The summed E-state index contributed by atoms with van der Waals surface area (Å²) in [6.45, 7) is 0. The number of nitrogens with zero attached hydrogens (tertiary/aromatic N) is 4. The highest BCUT2D eigenvalue weighted by Crippen LogP contribution is 2.36. The molecule has 0 bridgehead atoms. The van der Waals surface area contributed by atoms with Crippen molar-refractivity contribution in [1.82, 2.24) is 24.8 Å². The summed E-state index contributed by atoms with van der Waals surface area (Å²) in [5.41, 5.74) is 1.58. The third-order valence-electron chi connectivity index (χ3n) is 6.64. The maximum absolute atomic E-state index is 13.1. The summed E-state index contributed by atoms with van der Waals surface area (Å²) in [7, 11) is 0. The van der Waals surface area contributed by atoms with E-state index >= 15 is 0 Å². The Labute approximate surface area is 232 Å². The molecule has 1 saturated carbocycles. The third kappa shape index (κ3) is 6.33. The lowest BCUT2D eigenvalue weighted by molar-refractivity contribution is -0.137. The van der Waals surface area contributed by atoms with Crippen molar-refractivity contribution in [2.45, 2.75) is 50.7 Å². The Morgan fingerprint density at radius 1 is 0.950 bits per heavy atom. The van der Waals surface area contributed by atoms with Crippen LogP contribution in [0, 0.1) is 0 Å². The van der Waals surface area contributed by atoms with E-state index < -0.39 is 22.8 Å². The smallest absolute Gasteiger partial charge is 0.353 e. The van der Waals surface area contributed by atoms with Crippen molar-refractivity contribution >= 4 is 46.1 Å². The van der Waals surface area contributed by atoms with Crippen molar-refractivity contribution < 1.29 is 22.8 Å². The second-order valence-corrected chi connectivity index (χ2v) is 9.91. The first-order valence-electron chi connectivity index (χ1n) is 12.7. The van der Waals surface area contributed by atoms with Crippen molar-refractivity contribution in [2.24, 2.45) is 0 Å². The molecule has 4 aromatic rings. The van der Waals surface area contributed by atoms with Crippen LogP contribution in [0.15, 0.2) is 55.1 Å². The van der Waals surface area contributed by atoms with Gasteiger partial charge in [0, 0.05) is 23.1 Å². The highest BCUT2D eigenvalue weighted by Gasteiger charge is 2.33. The van der Waals surface area contributed by atoms with Crippen molar-refractivity contribution in [3.05, 3.63) is 71.4 Å². The molecule has 3 N–H and O–H groups in total. The van der Waals surface area contributed by atoms with Gasteiger partial charge in [0.1, 0.15) is 18.2 Å². The Morgan fingerprint density at radius 2 is 1.65 bits per heavy atom. The lowest BCUT2D eigenvalue weighted by Crippen LogP contribution is -2.37. The van der Waals surface area contributed by atoms with E-state index in [-0.39, 0.29) is 24.1 Å². The summed E-state index contributed by atoms with van der Waals surface area (Å²) >= 11 is 5.63. The van der Waals surface area contributed by atoms with Gasteiger partial charge in [-0.05, 0) is 55.3 Å². The zero-order valence-corrected chi connectivity index (χ0v) is 21.9. The number of imidazole rings is 1. The minimum Gasteiger partial charge on any atom is -0.353 e. The average molecular weight is 572 g/mol. The number of fused-ring (bicyclic) bond motifs is 1. The van der Waals surface area contributed by atoms with Crippen LogP contribution in [0.5, 0.6) is 0 Å². The van der Waals surface area contributed by atoms with Gasteiger partial charge in [-0.1, -0.05) is 30.9 Å². The van der Waals surface area contributed by atoms with Gasteiger partial charge < -0.3 is 16.0 Å². The summed E-state index contributed by atoms with van der Waals surface area (Å²) in [5.74, 6) is -0.0941. The van der Waals surface area contributed by atoms with Gasteiger partial charge in [0.05, 0.1) is 22.7 Å². The highest BCUT2D eigenvalue weighted by atomic mass is 35.5. The Morgan fingerprint density at radius 3 is 2.38 bits per heavy atom. The van der Waals surface area contributed by atoms with E-state index in [1.165, 1.54) is 18.8 Å². The van der Waals surface area contributed by atoms with Crippen LogP contribution in [-0.4, -0.2) is 37.5 Å². The van der Waals surface area contributed by atoms with Gasteiger partial charge in [0.2, 0.25) is 5.91 Å². The van der Waals surface area contributed by atoms with E-state index in [4.69, 9.17) is 11.6 Å². The summed E-state index contributed by atoms with van der Waals surface area (Å²) in [4.78, 5) is 38.0. The molecular formula is C27H25ClF3N7O2. The van der Waals surface area contributed by atoms with Crippen LogP contribution in [0.2, 0.25) is 5.02 Å². The van der Waals surface area contributed by atoms with Gasteiger partial charge in [0.15, 0.2) is 5.65 Å². The second kappa shape index (κ2) is 11.5. The normalized spacial score (nSPS) is 14.2. The molecule has 40 heavy (non-hydrogen) atoms. The fourth-order valence-corrected chi connectivity index (χ4v) is 4.92. The lowest BCUT2D eigenvalue weighted by atomic mass is 9.95. The highest BCUT2D eigenvalue weighted by molar-refractivity contribution is 6.31. The quantitative estimate of drug-likeness (QED) is 0.258. The van der Waals surface area contributed by atoms with Crippen LogP contribution in [0.1, 0.15) is 43.4 Å². The first-order valence-corrected chi connectivity index (χ1v) is 13.1. The molecule has 2 aromatic heterocycles. The summed E-state index contributed by atoms with van der Waals surface area (Å²) in [5, 5.41) is 7.58. The largest absolute Gasteiger partial charge is 0.417 e. The second-order valence-electron chi connectivity index (χ2n) is 9.50. The van der Waals surface area contributed by atoms with Gasteiger partial charge in [-0.3, -0.25) is 9.36 Å². The summed E-state index contributed by atoms with van der Waals surface area (Å²) < 4.78 is 41.0. The monoisotopic (exact) mass is 571 g/mol. The van der Waals surface area contributed by atoms with E-state index in [1.54, 1.807) is 35.2 Å². The van der Waals surface area contributed by atoms with Gasteiger partial charge >= 0.3 is 12.2 Å². The molecule has 1 aliphatic rings. The van der Waals surface area contributed by atoms with Crippen LogP contribution in [0.25, 0.3) is 16.9 Å². The summed E-state index contributed by atoms with van der Waals surface area (Å²) in [6.07, 6.45) is 3.86. The molecule has 0 saturated heterocycles. The number of rotatable bonds is 6. The molecule has 0 radical (unpaired) electrons. The molecule has 2 heterocycles. The SMILES string of the molecule is O=C(Cc1ncnc2c1ncn2-c1ccc(NC(=O)Nc2ccc(Cl)c(C(F)(F)F)c2)cc1)NC1CCCCC1. The molecule has 0 atom stereocenters. The fraction of sp³-hybridized carbons (Fsp3) is 0.296. The van der Waals surface area contributed by atoms with Crippen molar-refractivity contribution in [3.63, 3.8) is 0 Å². The minimum atomic E-state index is -4.65. The van der Waals surface area contributed by atoms with Crippen molar-refractivity contribution in [2.75, 3.05) is 10.6 Å². The molecule has 1 fully saturated rings. The first-order chi connectivity index (χ1) is 19.2. The van der Waals surface area contributed by atoms with Gasteiger partial charge in [0.25, 0.3) is 0 Å². The number of halogens is 4. The van der Waals surface area contributed by atoms with Gasteiger partial charge in [-0.15, -0.1) is 0 Å². The molecule has 0 unspecified atom stereocenters. The molecule has 0 spiro atoms. The number of carbonyl (C=O) groups excluding carboxylic acids is 2. The zero-order valence-electron chi connectivity index (χ0n) is 21.1. The molecular weight excluding hydrogens is 547 g/mol. The predicted octanol–water partition coefficient (Wildman–Crippen LogP) is 6.12. The third-order valence-corrected chi connectivity index (χ3v) is 6.97. The van der Waals surface area contributed by atoms with Crippen LogP contribution in [0.3, 0.4) is 0 Å². The minimum absolute atomic E-state index is 0.0568. The Balaban J connectivity index is 1.25. The standard InChI is InChI=1S/C27H25ClF3N7O2/c28-21-11-8-18(12-20(21)27(29,30)31)37-26(40)36-17-6-9-19(10-7-17)38-15-34-24-22(32-14-33-25(24)38)13-23(39)35-16-4-2-1-3-5-16/h6-12,14-16H,1-5,13H2,(H,35,39)(H2,36,37,40). The number of hydrogen-bond acceptors (Lipinski definition) is 5. The van der Waals surface area contributed by atoms with Crippen LogP contribution in [0.4, 0.5) is 29.3 Å². The van der Waals surface area contributed by atoms with E-state index in [9.17, 15) is 22.8 Å². The number of alkyl halides is 3. The molecule has 9 nitrogen and oxygen atoms in total. The maximum Gasteiger partial charge on any atom is 0.417 e. The van der Waals surface area contributed by atoms with E-state index in [2.05, 4.69) is 30.9 Å². The molecule has 13 heteroatoms. The van der Waals surface area contributed by atoms with E-state index in [1.807, 2.05) is 0 Å². The number of benzene rings is 2. The molecule has 0 aliphatic heterocycles. The van der Waals surface area contributed by atoms with Crippen LogP contribution < -0.4 is 16.0 Å². The predicted molar refractivity (Wildman–Crippen MR) is 144 cm³/mol. The van der Waals surface area contributed by atoms with Crippen molar-refractivity contribution in [1.29, 1.82) is 0 Å². The van der Waals surface area contributed by atoms with E-state index in [0.29, 0.717) is 28.2 Å². The number of amides is 3. The number of nitrogens with one attached hydrogen (secondary N) is 3.